The maximum absolute atomic E-state index is 5.93. The third-order valence-corrected chi connectivity index (χ3v) is 3.16. The fourth-order valence-electron chi connectivity index (χ4n) is 1.69. The van der Waals surface area contributed by atoms with Crippen LogP contribution in [0.15, 0.2) is 0 Å². The molecule has 1 heterocycles. The Morgan fingerprint density at radius 3 is 2.00 bits per heavy atom. The second-order valence-corrected chi connectivity index (χ2v) is 6.08. The Hall–Kier alpha value is -1.10. The summed E-state index contributed by atoms with van der Waals surface area (Å²) >= 11 is 5.93. The number of nitrogens with zero attached hydrogens (tertiary/aromatic N) is 4. The van der Waals surface area contributed by atoms with Crippen LogP contribution in [0.1, 0.15) is 40.5 Å². The van der Waals surface area contributed by atoms with Crippen LogP contribution in [-0.4, -0.2) is 35.2 Å². The number of rotatable bonds is 8. The highest BCUT2D eigenvalue weighted by molar-refractivity contribution is 6.28. The zero-order chi connectivity index (χ0) is 15.1. The van der Waals surface area contributed by atoms with E-state index in [0.717, 1.165) is 25.9 Å². The van der Waals surface area contributed by atoms with E-state index in [2.05, 4.69) is 47.5 Å². The van der Waals surface area contributed by atoms with Crippen LogP contribution in [0.5, 0.6) is 6.01 Å². The van der Waals surface area contributed by atoms with Crippen LogP contribution in [0, 0.1) is 11.8 Å². The van der Waals surface area contributed by atoms with Gasteiger partial charge in [0.25, 0.3) is 0 Å². The Labute approximate surface area is 126 Å². The molecular weight excluding hydrogens is 276 g/mol. The summed E-state index contributed by atoms with van der Waals surface area (Å²) in [5, 5.41) is 0.172. The van der Waals surface area contributed by atoms with E-state index >= 15 is 0 Å². The topological polar surface area (TPSA) is 51.1 Å². The number of halogens is 1. The zero-order valence-corrected chi connectivity index (χ0v) is 13.8. The quantitative estimate of drug-likeness (QED) is 0.736. The van der Waals surface area contributed by atoms with Crippen LogP contribution in [0.3, 0.4) is 0 Å². The molecule has 1 aromatic heterocycles. The summed E-state index contributed by atoms with van der Waals surface area (Å²) < 4.78 is 5.06. The van der Waals surface area contributed by atoms with Crippen molar-refractivity contribution in [2.24, 2.45) is 11.8 Å². The van der Waals surface area contributed by atoms with Gasteiger partial charge < -0.3 is 9.64 Å². The molecule has 6 heteroatoms. The SMILES string of the molecule is COc1nc(Cl)nc(N(CCC(C)C)CCC(C)C)n1. The van der Waals surface area contributed by atoms with Gasteiger partial charge in [-0.15, -0.1) is 0 Å². The number of hydrogen-bond donors (Lipinski definition) is 0. The summed E-state index contributed by atoms with van der Waals surface area (Å²) in [7, 11) is 1.53. The summed E-state index contributed by atoms with van der Waals surface area (Å²) in [6.45, 7) is 10.7. The predicted molar refractivity (Wildman–Crippen MR) is 82.5 cm³/mol. The Morgan fingerprint density at radius 1 is 1.00 bits per heavy atom. The predicted octanol–water partition coefficient (Wildman–Crippen LogP) is 3.43. The molecule has 0 unspecified atom stereocenters. The molecule has 0 atom stereocenters. The molecule has 0 fully saturated rings. The Kier molecular flexibility index (Phi) is 6.99. The minimum absolute atomic E-state index is 0.172. The molecule has 0 aliphatic heterocycles. The van der Waals surface area contributed by atoms with Crippen LogP contribution < -0.4 is 9.64 Å². The summed E-state index contributed by atoms with van der Waals surface area (Å²) in [6.07, 6.45) is 2.17. The second-order valence-electron chi connectivity index (χ2n) is 5.74. The third-order valence-electron chi connectivity index (χ3n) is 2.99. The maximum Gasteiger partial charge on any atom is 0.322 e. The van der Waals surface area contributed by atoms with Gasteiger partial charge in [0.05, 0.1) is 7.11 Å². The van der Waals surface area contributed by atoms with Crippen molar-refractivity contribution in [1.29, 1.82) is 0 Å². The first-order valence-corrected chi connectivity index (χ1v) is 7.50. The maximum atomic E-state index is 5.93. The fraction of sp³-hybridized carbons (Fsp3) is 0.786. The van der Waals surface area contributed by atoms with Gasteiger partial charge in [0, 0.05) is 13.1 Å². The molecule has 0 aliphatic rings. The second kappa shape index (κ2) is 8.25. The van der Waals surface area contributed by atoms with E-state index < -0.39 is 0 Å². The lowest BCUT2D eigenvalue weighted by atomic mass is 10.1. The molecule has 0 N–H and O–H groups in total. The van der Waals surface area contributed by atoms with Gasteiger partial charge >= 0.3 is 6.01 Å². The minimum atomic E-state index is 0.172. The van der Waals surface area contributed by atoms with E-state index in [9.17, 15) is 0 Å². The molecule has 5 nitrogen and oxygen atoms in total. The number of aromatic nitrogens is 3. The van der Waals surface area contributed by atoms with E-state index in [1.165, 1.54) is 7.11 Å². The highest BCUT2D eigenvalue weighted by atomic mass is 35.5. The lowest BCUT2D eigenvalue weighted by Crippen LogP contribution is -2.29. The minimum Gasteiger partial charge on any atom is -0.467 e. The summed E-state index contributed by atoms with van der Waals surface area (Å²) in [5.74, 6) is 1.87. The molecule has 0 radical (unpaired) electrons. The van der Waals surface area contributed by atoms with Crippen molar-refractivity contribution >= 4 is 17.5 Å². The van der Waals surface area contributed by atoms with Crippen molar-refractivity contribution in [1.82, 2.24) is 15.0 Å². The molecule has 20 heavy (non-hydrogen) atoms. The van der Waals surface area contributed by atoms with Crippen LogP contribution >= 0.6 is 11.6 Å². The summed E-state index contributed by atoms with van der Waals surface area (Å²) in [5.41, 5.74) is 0. The van der Waals surface area contributed by atoms with Crippen molar-refractivity contribution in [3.63, 3.8) is 0 Å². The number of methoxy groups -OCH3 is 1. The molecule has 0 spiro atoms. The summed E-state index contributed by atoms with van der Waals surface area (Å²) in [4.78, 5) is 14.6. The van der Waals surface area contributed by atoms with Gasteiger partial charge in [0.15, 0.2) is 0 Å². The summed E-state index contributed by atoms with van der Waals surface area (Å²) in [6, 6.07) is 0.263. The molecule has 0 bridgehead atoms. The lowest BCUT2D eigenvalue weighted by Gasteiger charge is -2.24. The normalized spacial score (nSPS) is 11.2. The highest BCUT2D eigenvalue weighted by Crippen LogP contribution is 2.17. The van der Waals surface area contributed by atoms with Gasteiger partial charge in [-0.3, -0.25) is 0 Å². The third kappa shape index (κ3) is 5.90. The Balaban J connectivity index is 2.86. The monoisotopic (exact) mass is 300 g/mol. The largest absolute Gasteiger partial charge is 0.467 e. The van der Waals surface area contributed by atoms with Crippen LogP contribution in [-0.2, 0) is 0 Å². The standard InChI is InChI=1S/C14H25ClN4O/c1-10(2)6-8-19(9-7-11(3)4)13-16-12(15)17-14(18-13)20-5/h10-11H,6-9H2,1-5H3. The molecule has 114 valence electrons. The van der Waals surface area contributed by atoms with Gasteiger partial charge in [-0.05, 0) is 36.3 Å². The van der Waals surface area contributed by atoms with Crippen molar-refractivity contribution in [2.75, 3.05) is 25.1 Å². The highest BCUT2D eigenvalue weighted by Gasteiger charge is 2.14. The number of anilines is 1. The first-order valence-electron chi connectivity index (χ1n) is 7.12. The van der Waals surface area contributed by atoms with Crippen LogP contribution in [0.4, 0.5) is 5.95 Å². The fourth-order valence-corrected chi connectivity index (χ4v) is 1.84. The van der Waals surface area contributed by atoms with Gasteiger partial charge in [0.2, 0.25) is 11.2 Å². The average molecular weight is 301 g/mol. The molecule has 0 aromatic carbocycles. The van der Waals surface area contributed by atoms with Gasteiger partial charge in [0.1, 0.15) is 0 Å². The number of hydrogen-bond acceptors (Lipinski definition) is 5. The molecule has 1 rings (SSSR count). The first-order chi connectivity index (χ1) is 9.42. The van der Waals surface area contributed by atoms with Gasteiger partial charge in [-0.2, -0.15) is 15.0 Å². The van der Waals surface area contributed by atoms with E-state index in [1.54, 1.807) is 0 Å². The van der Waals surface area contributed by atoms with Crippen LogP contribution in [0.25, 0.3) is 0 Å². The van der Waals surface area contributed by atoms with Crippen LogP contribution in [0.2, 0.25) is 5.28 Å². The smallest absolute Gasteiger partial charge is 0.322 e. The van der Waals surface area contributed by atoms with Crippen molar-refractivity contribution < 1.29 is 4.74 Å². The molecule has 0 saturated heterocycles. The Bertz CT molecular complexity index is 400. The van der Waals surface area contributed by atoms with E-state index in [-0.39, 0.29) is 11.3 Å². The van der Waals surface area contributed by atoms with E-state index in [4.69, 9.17) is 16.3 Å². The number of ether oxygens (including phenoxy) is 1. The lowest BCUT2D eigenvalue weighted by molar-refractivity contribution is 0.377. The Morgan fingerprint density at radius 2 is 1.55 bits per heavy atom. The molecule has 1 aromatic rings. The molecule has 0 saturated carbocycles. The average Bonchev–Trinajstić information content (AvgIpc) is 2.37. The van der Waals surface area contributed by atoms with E-state index in [1.807, 2.05) is 0 Å². The van der Waals surface area contributed by atoms with Crippen molar-refractivity contribution in [3.8, 4) is 6.01 Å². The first kappa shape index (κ1) is 17.0. The zero-order valence-electron chi connectivity index (χ0n) is 13.1. The van der Waals surface area contributed by atoms with E-state index in [0.29, 0.717) is 17.8 Å². The van der Waals surface area contributed by atoms with Gasteiger partial charge in [-0.25, -0.2) is 0 Å². The molecular formula is C14H25ClN4O. The van der Waals surface area contributed by atoms with Crippen molar-refractivity contribution in [2.45, 2.75) is 40.5 Å². The molecule has 0 aliphatic carbocycles. The van der Waals surface area contributed by atoms with Gasteiger partial charge in [-0.1, -0.05) is 27.7 Å². The molecule has 0 amide bonds. The van der Waals surface area contributed by atoms with Crippen molar-refractivity contribution in [3.05, 3.63) is 5.28 Å².